The second-order valence-electron chi connectivity index (χ2n) is 4.76. The van der Waals surface area contributed by atoms with Gasteiger partial charge in [-0.15, -0.1) is 10.2 Å². The Kier molecular flexibility index (Phi) is 4.25. The summed E-state index contributed by atoms with van der Waals surface area (Å²) in [5.74, 6) is -0.248. The van der Waals surface area contributed by atoms with Gasteiger partial charge >= 0.3 is 0 Å². The molecule has 0 unspecified atom stereocenters. The molecule has 5 nitrogen and oxygen atoms in total. The number of benzene rings is 2. The van der Waals surface area contributed by atoms with Gasteiger partial charge in [0.15, 0.2) is 0 Å². The van der Waals surface area contributed by atoms with Gasteiger partial charge in [-0.1, -0.05) is 35.9 Å². The molecule has 0 radical (unpaired) electrons. The van der Waals surface area contributed by atoms with Crippen LogP contribution in [-0.4, -0.2) is 27.6 Å². The van der Waals surface area contributed by atoms with Crippen molar-refractivity contribution in [1.29, 1.82) is 0 Å². The predicted molar refractivity (Wildman–Crippen MR) is 84.8 cm³/mol. The molecule has 0 fully saturated rings. The topological polar surface area (TPSA) is 67.8 Å². The molecule has 0 saturated carbocycles. The van der Waals surface area contributed by atoms with E-state index in [1.165, 1.54) is 0 Å². The first-order valence-electron chi connectivity index (χ1n) is 6.84. The van der Waals surface area contributed by atoms with Crippen molar-refractivity contribution in [2.75, 3.05) is 6.54 Å². The van der Waals surface area contributed by atoms with E-state index in [1.807, 2.05) is 36.4 Å². The third-order valence-electron chi connectivity index (χ3n) is 3.18. The number of amides is 1. The highest BCUT2D eigenvalue weighted by Crippen LogP contribution is 2.10. The summed E-state index contributed by atoms with van der Waals surface area (Å²) in [4.78, 5) is 16.2. The molecule has 0 bridgehead atoms. The minimum Gasteiger partial charge on any atom is -0.349 e. The Morgan fingerprint density at radius 3 is 2.50 bits per heavy atom. The number of nitrogens with zero attached hydrogens (tertiary/aromatic N) is 3. The van der Waals surface area contributed by atoms with Gasteiger partial charge in [0.2, 0.25) is 5.82 Å². The van der Waals surface area contributed by atoms with Gasteiger partial charge in [-0.3, -0.25) is 4.79 Å². The Balaban J connectivity index is 1.62. The van der Waals surface area contributed by atoms with Crippen LogP contribution in [0.3, 0.4) is 0 Å². The van der Waals surface area contributed by atoms with Crippen molar-refractivity contribution in [3.8, 4) is 0 Å². The Morgan fingerprint density at radius 1 is 1.00 bits per heavy atom. The lowest BCUT2D eigenvalue weighted by atomic mass is 10.1. The van der Waals surface area contributed by atoms with Crippen LogP contribution in [0.1, 0.15) is 16.2 Å². The van der Waals surface area contributed by atoms with Gasteiger partial charge in [0.25, 0.3) is 5.91 Å². The smallest absolute Gasteiger partial charge is 0.291 e. The Labute approximate surface area is 132 Å². The quantitative estimate of drug-likeness (QED) is 0.804. The number of fused-ring (bicyclic) bond motifs is 1. The second kappa shape index (κ2) is 6.49. The number of nitrogens with one attached hydrogen (secondary N) is 1. The van der Waals surface area contributed by atoms with Crippen LogP contribution >= 0.6 is 11.6 Å². The van der Waals surface area contributed by atoms with Crippen LogP contribution in [0.15, 0.2) is 48.5 Å². The molecule has 1 heterocycles. The number of aromatic nitrogens is 3. The molecule has 0 atom stereocenters. The average Bonchev–Trinajstić information content (AvgIpc) is 2.56. The molecular weight excluding hydrogens is 300 g/mol. The molecule has 1 amide bonds. The number of carbonyl (C=O) groups excluding carboxylic acids is 1. The first-order valence-corrected chi connectivity index (χ1v) is 7.22. The highest BCUT2D eigenvalue weighted by atomic mass is 35.5. The van der Waals surface area contributed by atoms with E-state index < -0.39 is 0 Å². The maximum Gasteiger partial charge on any atom is 0.291 e. The summed E-state index contributed by atoms with van der Waals surface area (Å²) in [6.07, 6.45) is 0.712. The summed E-state index contributed by atoms with van der Waals surface area (Å²) in [7, 11) is 0. The zero-order chi connectivity index (χ0) is 15.4. The molecule has 6 heteroatoms. The number of hydrogen-bond donors (Lipinski definition) is 1. The van der Waals surface area contributed by atoms with Gasteiger partial charge in [0.05, 0.1) is 5.52 Å². The third kappa shape index (κ3) is 3.38. The molecule has 0 aliphatic rings. The fourth-order valence-electron chi connectivity index (χ4n) is 2.03. The standard InChI is InChI=1S/C16H13ClN4O/c17-12-7-5-11(6-8-12)9-10-18-16(22)15-19-13-3-1-2-4-14(13)20-21-15/h1-8H,9-10H2,(H,18,22). The number of rotatable bonds is 4. The summed E-state index contributed by atoms with van der Waals surface area (Å²) in [6, 6.07) is 14.8. The van der Waals surface area contributed by atoms with Crippen LogP contribution in [0, 0.1) is 0 Å². The summed E-state index contributed by atoms with van der Waals surface area (Å²) < 4.78 is 0. The SMILES string of the molecule is O=C(NCCc1ccc(Cl)cc1)c1nnc2ccccc2n1. The summed E-state index contributed by atoms with van der Waals surface area (Å²) in [6.45, 7) is 0.497. The van der Waals surface area contributed by atoms with Gasteiger partial charge in [-0.2, -0.15) is 0 Å². The Hall–Kier alpha value is -2.53. The fraction of sp³-hybridized carbons (Fsp3) is 0.125. The van der Waals surface area contributed by atoms with Crippen LogP contribution < -0.4 is 5.32 Å². The number of carbonyl (C=O) groups is 1. The van der Waals surface area contributed by atoms with Crippen molar-refractivity contribution in [2.45, 2.75) is 6.42 Å². The van der Waals surface area contributed by atoms with Crippen molar-refractivity contribution in [3.63, 3.8) is 0 Å². The lowest BCUT2D eigenvalue weighted by Crippen LogP contribution is -2.27. The summed E-state index contributed by atoms with van der Waals surface area (Å²) in [5.41, 5.74) is 2.42. The molecule has 3 rings (SSSR count). The van der Waals surface area contributed by atoms with E-state index in [0.29, 0.717) is 29.0 Å². The van der Waals surface area contributed by atoms with Gasteiger partial charge in [-0.05, 0) is 36.2 Å². The van der Waals surface area contributed by atoms with E-state index in [0.717, 1.165) is 5.56 Å². The molecule has 2 aromatic carbocycles. The molecule has 1 aromatic heterocycles. The van der Waals surface area contributed by atoms with Gasteiger partial charge < -0.3 is 5.32 Å². The van der Waals surface area contributed by atoms with Crippen LogP contribution in [-0.2, 0) is 6.42 Å². The summed E-state index contributed by atoms with van der Waals surface area (Å²) >= 11 is 5.83. The molecular formula is C16H13ClN4O. The lowest BCUT2D eigenvalue weighted by molar-refractivity contribution is 0.0943. The van der Waals surface area contributed by atoms with E-state index in [-0.39, 0.29) is 11.7 Å². The van der Waals surface area contributed by atoms with Crippen molar-refractivity contribution < 1.29 is 4.79 Å². The van der Waals surface area contributed by atoms with Crippen molar-refractivity contribution in [2.24, 2.45) is 0 Å². The fourth-order valence-corrected chi connectivity index (χ4v) is 2.15. The first-order chi connectivity index (χ1) is 10.7. The van der Waals surface area contributed by atoms with E-state index in [2.05, 4.69) is 20.5 Å². The Bertz CT molecular complexity index is 805. The third-order valence-corrected chi connectivity index (χ3v) is 3.43. The molecule has 0 spiro atoms. The normalized spacial score (nSPS) is 10.6. The monoisotopic (exact) mass is 312 g/mol. The van der Waals surface area contributed by atoms with Crippen molar-refractivity contribution >= 4 is 28.5 Å². The maximum absolute atomic E-state index is 12.0. The largest absolute Gasteiger partial charge is 0.349 e. The minimum atomic E-state index is -0.327. The van der Waals surface area contributed by atoms with Gasteiger partial charge in [-0.25, -0.2) is 4.98 Å². The van der Waals surface area contributed by atoms with E-state index in [1.54, 1.807) is 12.1 Å². The van der Waals surface area contributed by atoms with Crippen LogP contribution in [0.2, 0.25) is 5.02 Å². The highest BCUT2D eigenvalue weighted by molar-refractivity contribution is 6.30. The summed E-state index contributed by atoms with van der Waals surface area (Å²) in [5, 5.41) is 11.3. The second-order valence-corrected chi connectivity index (χ2v) is 5.19. The molecule has 0 aliphatic carbocycles. The zero-order valence-corrected chi connectivity index (χ0v) is 12.4. The van der Waals surface area contributed by atoms with Crippen molar-refractivity contribution in [1.82, 2.24) is 20.5 Å². The molecule has 22 heavy (non-hydrogen) atoms. The molecule has 0 aliphatic heterocycles. The lowest BCUT2D eigenvalue weighted by Gasteiger charge is -2.05. The van der Waals surface area contributed by atoms with E-state index >= 15 is 0 Å². The zero-order valence-electron chi connectivity index (χ0n) is 11.7. The number of para-hydroxylation sites is 1. The molecule has 3 aromatic rings. The minimum absolute atomic E-state index is 0.0785. The molecule has 110 valence electrons. The van der Waals surface area contributed by atoms with Crippen LogP contribution in [0.5, 0.6) is 0 Å². The molecule has 0 saturated heterocycles. The highest BCUT2D eigenvalue weighted by Gasteiger charge is 2.10. The van der Waals surface area contributed by atoms with Gasteiger partial charge in [0.1, 0.15) is 5.52 Å². The number of hydrogen-bond acceptors (Lipinski definition) is 4. The average molecular weight is 313 g/mol. The van der Waals surface area contributed by atoms with Crippen LogP contribution in [0.25, 0.3) is 11.0 Å². The van der Waals surface area contributed by atoms with Gasteiger partial charge in [0, 0.05) is 11.6 Å². The van der Waals surface area contributed by atoms with Crippen LogP contribution in [0.4, 0.5) is 0 Å². The maximum atomic E-state index is 12.0. The Morgan fingerprint density at radius 2 is 1.73 bits per heavy atom. The molecule has 1 N–H and O–H groups in total. The van der Waals surface area contributed by atoms with Crippen molar-refractivity contribution in [3.05, 3.63) is 64.9 Å². The van der Waals surface area contributed by atoms with E-state index in [4.69, 9.17) is 11.6 Å². The number of halogens is 1. The predicted octanol–water partition coefficient (Wildman–Crippen LogP) is 2.65. The van der Waals surface area contributed by atoms with E-state index in [9.17, 15) is 4.79 Å². The first kappa shape index (κ1) is 14.4.